The lowest BCUT2D eigenvalue weighted by molar-refractivity contribution is -0.146. The van der Waals surface area contributed by atoms with Crippen molar-refractivity contribution in [3.05, 3.63) is 35.9 Å². The number of hydrogen-bond acceptors (Lipinski definition) is 5. The average molecular weight is 472 g/mol. The van der Waals surface area contributed by atoms with Gasteiger partial charge >= 0.3 is 0 Å². The Morgan fingerprint density at radius 1 is 1.21 bits per heavy atom. The zero-order valence-electron chi connectivity index (χ0n) is 20.3. The van der Waals surface area contributed by atoms with Crippen LogP contribution < -0.4 is 10.6 Å². The van der Waals surface area contributed by atoms with Gasteiger partial charge in [-0.2, -0.15) is 0 Å². The molecule has 1 aromatic carbocycles. The molecule has 3 N–H and O–H groups in total. The van der Waals surface area contributed by atoms with Gasteiger partial charge in [-0.05, 0) is 30.7 Å². The molecule has 186 valence electrons. The number of aliphatic hydroxyl groups is 1. The highest BCUT2D eigenvalue weighted by molar-refractivity contribution is 5.99. The molecule has 6 atom stereocenters. The van der Waals surface area contributed by atoms with Crippen LogP contribution in [0.3, 0.4) is 0 Å². The van der Waals surface area contributed by atoms with Crippen molar-refractivity contribution in [2.24, 2.45) is 17.8 Å². The summed E-state index contributed by atoms with van der Waals surface area (Å²) in [6.07, 6.45) is 2.57. The van der Waals surface area contributed by atoms with Crippen LogP contribution in [0.5, 0.6) is 0 Å². The van der Waals surface area contributed by atoms with Crippen molar-refractivity contribution in [3.63, 3.8) is 0 Å². The topological polar surface area (TPSA) is 108 Å². The predicted molar refractivity (Wildman–Crippen MR) is 126 cm³/mol. The first-order valence-electron chi connectivity index (χ1n) is 12.6. The number of nitrogens with one attached hydrogen (secondary N) is 2. The number of fused-ring (bicyclic) bond motifs is 1. The van der Waals surface area contributed by atoms with E-state index in [4.69, 9.17) is 4.74 Å². The highest BCUT2D eigenvalue weighted by Crippen LogP contribution is 2.59. The Labute approximate surface area is 201 Å². The Balaban J connectivity index is 1.63. The number of aliphatic hydroxyl groups excluding tert-OH is 1. The molecule has 2 unspecified atom stereocenters. The highest BCUT2D eigenvalue weighted by Gasteiger charge is 2.75. The second kappa shape index (κ2) is 10.0. The lowest BCUT2D eigenvalue weighted by Crippen LogP contribution is -2.59. The van der Waals surface area contributed by atoms with Gasteiger partial charge in [0.15, 0.2) is 0 Å². The van der Waals surface area contributed by atoms with Gasteiger partial charge in [0.1, 0.15) is 11.6 Å². The first-order chi connectivity index (χ1) is 16.4. The van der Waals surface area contributed by atoms with Crippen molar-refractivity contribution < 1.29 is 24.2 Å². The van der Waals surface area contributed by atoms with Crippen molar-refractivity contribution in [1.82, 2.24) is 15.5 Å². The van der Waals surface area contributed by atoms with Crippen LogP contribution in [0.1, 0.15) is 52.0 Å². The first kappa shape index (κ1) is 24.7. The van der Waals surface area contributed by atoms with Crippen LogP contribution in [0, 0.1) is 17.8 Å². The Bertz CT molecular complexity index is 907. The molecule has 34 heavy (non-hydrogen) atoms. The average Bonchev–Trinajstić information content (AvgIpc) is 3.46. The summed E-state index contributed by atoms with van der Waals surface area (Å²) in [7, 11) is 0. The smallest absolute Gasteiger partial charge is 0.245 e. The summed E-state index contributed by atoms with van der Waals surface area (Å²) in [6, 6.07) is 8.25. The van der Waals surface area contributed by atoms with Gasteiger partial charge < -0.3 is 25.4 Å². The maximum atomic E-state index is 13.9. The quantitative estimate of drug-likeness (QED) is 0.450. The Kier molecular flexibility index (Phi) is 7.28. The number of benzene rings is 1. The van der Waals surface area contributed by atoms with Crippen LogP contribution in [-0.4, -0.2) is 64.7 Å². The van der Waals surface area contributed by atoms with Gasteiger partial charge in [0, 0.05) is 13.1 Å². The molecular weight excluding hydrogens is 434 g/mol. The SMILES string of the molecule is CCCCNC(=O)C1N([C@@H](CO)C(C)C)C(=O)[C@@H]2[C@@H](C(=O)NCc3ccccc3)[C@H]3CCC12O3. The maximum absolute atomic E-state index is 13.9. The van der Waals surface area contributed by atoms with Crippen LogP contribution >= 0.6 is 0 Å². The van der Waals surface area contributed by atoms with E-state index in [1.54, 1.807) is 0 Å². The fourth-order valence-electron chi connectivity index (χ4n) is 6.06. The normalized spacial score (nSPS) is 30.5. The fraction of sp³-hybridized carbons (Fsp3) is 0.654. The summed E-state index contributed by atoms with van der Waals surface area (Å²) < 4.78 is 6.42. The minimum absolute atomic E-state index is 0.0577. The number of amides is 3. The summed E-state index contributed by atoms with van der Waals surface area (Å²) in [5.41, 5.74) is -0.0582. The number of hydrogen-bond donors (Lipinski definition) is 3. The number of rotatable bonds is 10. The lowest BCUT2D eigenvalue weighted by atomic mass is 9.70. The summed E-state index contributed by atoms with van der Waals surface area (Å²) in [5.74, 6) is -2.16. The van der Waals surface area contributed by atoms with Crippen molar-refractivity contribution in [1.29, 1.82) is 0 Å². The standard InChI is InChI=1S/C26H37N3O5/c1-4-5-13-27-24(32)22-26-12-11-19(34-26)20(23(31)28-14-17-9-7-6-8-10-17)21(26)25(33)29(22)18(15-30)16(2)3/h6-10,16,18-22,30H,4-5,11-15H2,1-3H3,(H,27,32)(H,28,31)/t18-,19+,20-,21-,22?,26?/m0/s1. The van der Waals surface area contributed by atoms with Gasteiger partial charge in [-0.1, -0.05) is 57.5 Å². The van der Waals surface area contributed by atoms with E-state index in [9.17, 15) is 19.5 Å². The minimum atomic E-state index is -1.03. The zero-order chi connectivity index (χ0) is 24.5. The number of ether oxygens (including phenoxy) is 1. The molecule has 0 aromatic heterocycles. The van der Waals surface area contributed by atoms with E-state index >= 15 is 0 Å². The summed E-state index contributed by atoms with van der Waals surface area (Å²) in [5, 5.41) is 16.1. The summed E-state index contributed by atoms with van der Waals surface area (Å²) in [4.78, 5) is 42.2. The Morgan fingerprint density at radius 3 is 2.59 bits per heavy atom. The largest absolute Gasteiger partial charge is 0.394 e. The van der Waals surface area contributed by atoms with Gasteiger partial charge in [0.05, 0.1) is 30.6 Å². The number of carbonyl (C=O) groups is 3. The maximum Gasteiger partial charge on any atom is 0.245 e. The third-order valence-electron chi connectivity index (χ3n) is 7.74. The number of carbonyl (C=O) groups excluding carboxylic acids is 3. The Morgan fingerprint density at radius 2 is 1.94 bits per heavy atom. The van der Waals surface area contributed by atoms with Gasteiger partial charge in [-0.15, -0.1) is 0 Å². The van der Waals surface area contributed by atoms with Gasteiger partial charge in [-0.3, -0.25) is 14.4 Å². The van der Waals surface area contributed by atoms with Gasteiger partial charge in [0.25, 0.3) is 0 Å². The van der Waals surface area contributed by atoms with Crippen LogP contribution in [0.25, 0.3) is 0 Å². The molecule has 8 nitrogen and oxygen atoms in total. The summed E-state index contributed by atoms with van der Waals surface area (Å²) >= 11 is 0. The van der Waals surface area contributed by atoms with Crippen LogP contribution in [-0.2, 0) is 25.7 Å². The monoisotopic (exact) mass is 471 g/mol. The molecule has 1 spiro atoms. The molecule has 3 fully saturated rings. The van der Waals surface area contributed by atoms with Crippen molar-refractivity contribution >= 4 is 17.7 Å². The number of unbranched alkanes of at least 4 members (excludes halogenated alkanes) is 1. The number of nitrogens with zero attached hydrogens (tertiary/aromatic N) is 1. The molecule has 3 heterocycles. The molecular formula is C26H37N3O5. The van der Waals surface area contributed by atoms with E-state index in [2.05, 4.69) is 10.6 Å². The highest BCUT2D eigenvalue weighted by atomic mass is 16.5. The van der Waals surface area contributed by atoms with Crippen LogP contribution in [0.4, 0.5) is 0 Å². The zero-order valence-corrected chi connectivity index (χ0v) is 20.3. The predicted octanol–water partition coefficient (Wildman–Crippen LogP) is 1.61. The van der Waals surface area contributed by atoms with E-state index in [0.29, 0.717) is 25.9 Å². The van der Waals surface area contributed by atoms with Crippen LogP contribution in [0.2, 0.25) is 0 Å². The molecule has 1 aromatic rings. The number of likely N-dealkylation sites (tertiary alicyclic amines) is 1. The van der Waals surface area contributed by atoms with E-state index < -0.39 is 29.5 Å². The van der Waals surface area contributed by atoms with E-state index in [-0.39, 0.29) is 36.4 Å². The van der Waals surface area contributed by atoms with Crippen LogP contribution in [0.15, 0.2) is 30.3 Å². The lowest BCUT2D eigenvalue weighted by Gasteiger charge is -2.38. The molecule has 3 saturated heterocycles. The second-order valence-corrected chi connectivity index (χ2v) is 10.1. The van der Waals surface area contributed by atoms with E-state index in [1.165, 1.54) is 4.90 Å². The van der Waals surface area contributed by atoms with Gasteiger partial charge in [-0.25, -0.2) is 0 Å². The molecule has 3 amide bonds. The molecule has 3 aliphatic heterocycles. The summed E-state index contributed by atoms with van der Waals surface area (Å²) in [6.45, 7) is 6.53. The van der Waals surface area contributed by atoms with E-state index in [1.807, 2.05) is 51.1 Å². The first-order valence-corrected chi connectivity index (χ1v) is 12.6. The van der Waals surface area contributed by atoms with Crippen molar-refractivity contribution in [3.8, 4) is 0 Å². The molecule has 4 rings (SSSR count). The molecule has 0 radical (unpaired) electrons. The third-order valence-corrected chi connectivity index (χ3v) is 7.74. The molecule has 0 saturated carbocycles. The molecule has 0 aliphatic carbocycles. The second-order valence-electron chi connectivity index (χ2n) is 10.1. The van der Waals surface area contributed by atoms with Gasteiger partial charge in [0.2, 0.25) is 17.7 Å². The molecule has 2 bridgehead atoms. The van der Waals surface area contributed by atoms with E-state index in [0.717, 1.165) is 18.4 Å². The van der Waals surface area contributed by atoms with Crippen molar-refractivity contribution in [2.45, 2.75) is 76.8 Å². The molecule has 3 aliphatic rings. The molecule has 8 heteroatoms. The van der Waals surface area contributed by atoms with Crippen molar-refractivity contribution in [2.75, 3.05) is 13.2 Å². The third kappa shape index (κ3) is 4.11. The fourth-order valence-corrected chi connectivity index (χ4v) is 6.06. The Hall–Kier alpha value is -2.45. The minimum Gasteiger partial charge on any atom is -0.394 e.